The molecule has 1 N–H and O–H groups in total. The van der Waals surface area contributed by atoms with E-state index in [1.54, 1.807) is 6.07 Å². The van der Waals surface area contributed by atoms with Gasteiger partial charge >= 0.3 is 6.03 Å². The van der Waals surface area contributed by atoms with Gasteiger partial charge < -0.3 is 10.2 Å². The number of nitrogens with zero attached hydrogens (tertiary/aromatic N) is 3. The minimum absolute atomic E-state index is 0.0475. The zero-order valence-electron chi connectivity index (χ0n) is 15.4. The summed E-state index contributed by atoms with van der Waals surface area (Å²) >= 11 is 0. The smallest absolute Gasteiger partial charge is 0.317 e. The minimum atomic E-state index is -0.277. The summed E-state index contributed by atoms with van der Waals surface area (Å²) in [4.78, 5) is 21.6. The van der Waals surface area contributed by atoms with Gasteiger partial charge in [0, 0.05) is 45.0 Å². The second-order valence-electron chi connectivity index (χ2n) is 7.55. The molecule has 142 valence electrons. The number of benzene rings is 1. The average molecular weight is 368 g/mol. The zero-order valence-corrected chi connectivity index (χ0v) is 15.4. The van der Waals surface area contributed by atoms with Gasteiger partial charge in [0.2, 0.25) is 0 Å². The van der Waals surface area contributed by atoms with Crippen LogP contribution in [0.5, 0.6) is 0 Å². The molecule has 0 saturated carbocycles. The van der Waals surface area contributed by atoms with Gasteiger partial charge in [-0.2, -0.15) is 0 Å². The van der Waals surface area contributed by atoms with Crippen LogP contribution in [0.4, 0.5) is 9.18 Å². The molecule has 27 heavy (non-hydrogen) atoms. The molecule has 0 radical (unpaired) electrons. The maximum atomic E-state index is 13.3. The molecule has 0 unspecified atom stereocenters. The lowest BCUT2D eigenvalue weighted by Crippen LogP contribution is -2.51. The predicted molar refractivity (Wildman–Crippen MR) is 101 cm³/mol. The van der Waals surface area contributed by atoms with Crippen LogP contribution in [0.3, 0.4) is 0 Å². The lowest BCUT2D eigenvalue weighted by molar-refractivity contribution is 0.140. The summed E-state index contributed by atoms with van der Waals surface area (Å²) in [7, 11) is 0. The fraction of sp³-hybridized carbons (Fsp3) is 0.429. The molecule has 2 atom stereocenters. The topological polar surface area (TPSA) is 48.5 Å². The molecule has 3 saturated heterocycles. The van der Waals surface area contributed by atoms with Gasteiger partial charge in [-0.1, -0.05) is 18.2 Å². The number of halogens is 1. The van der Waals surface area contributed by atoms with Gasteiger partial charge in [-0.15, -0.1) is 0 Å². The molecule has 1 aromatic carbocycles. The highest BCUT2D eigenvalue weighted by molar-refractivity contribution is 5.74. The van der Waals surface area contributed by atoms with Crippen molar-refractivity contribution in [3.05, 3.63) is 65.7 Å². The molecule has 6 heteroatoms. The monoisotopic (exact) mass is 368 g/mol. The Balaban J connectivity index is 1.37. The Labute approximate surface area is 159 Å². The number of nitrogens with one attached hydrogen (secondary N) is 1. The molecule has 3 fully saturated rings. The molecule has 1 aromatic heterocycles. The van der Waals surface area contributed by atoms with Crippen LogP contribution in [0.1, 0.15) is 24.1 Å². The van der Waals surface area contributed by atoms with E-state index in [-0.39, 0.29) is 17.9 Å². The van der Waals surface area contributed by atoms with Crippen LogP contribution in [0, 0.1) is 11.7 Å². The minimum Gasteiger partial charge on any atom is -0.334 e. The van der Waals surface area contributed by atoms with Crippen LogP contribution in [0.25, 0.3) is 0 Å². The van der Waals surface area contributed by atoms with E-state index in [2.05, 4.69) is 21.3 Å². The quantitative estimate of drug-likeness (QED) is 0.902. The molecule has 5 rings (SSSR count). The standard InChI is InChI=1S/C21H25FN4O/c22-18-5-3-4-16(10-18)11-24-21(27)26-13-17-7-8-20(26)15-25(12-17)14-19-6-1-2-9-23-19/h1-6,9-10,17,20H,7-8,11-15H2,(H,24,27)/t17-,20+/m0/s1. The van der Waals surface area contributed by atoms with Crippen LogP contribution < -0.4 is 5.32 Å². The Morgan fingerprint density at radius 2 is 2.07 bits per heavy atom. The van der Waals surface area contributed by atoms with Crippen LogP contribution in [-0.2, 0) is 13.1 Å². The lowest BCUT2D eigenvalue weighted by Gasteiger charge is -2.36. The van der Waals surface area contributed by atoms with E-state index < -0.39 is 0 Å². The van der Waals surface area contributed by atoms with E-state index in [1.807, 2.05) is 29.3 Å². The summed E-state index contributed by atoms with van der Waals surface area (Å²) in [5.74, 6) is 0.216. The van der Waals surface area contributed by atoms with Crippen molar-refractivity contribution in [2.24, 2.45) is 5.92 Å². The molecule has 0 aliphatic carbocycles. The van der Waals surface area contributed by atoms with Gasteiger partial charge in [0.25, 0.3) is 0 Å². The Kier molecular flexibility index (Phi) is 5.34. The Morgan fingerprint density at radius 3 is 2.89 bits per heavy atom. The predicted octanol–water partition coefficient (Wildman–Crippen LogP) is 3.03. The first-order valence-electron chi connectivity index (χ1n) is 9.58. The van der Waals surface area contributed by atoms with Gasteiger partial charge in [-0.3, -0.25) is 9.88 Å². The number of hydrogen-bond donors (Lipinski definition) is 1. The van der Waals surface area contributed by atoms with Crippen molar-refractivity contribution >= 4 is 6.03 Å². The molecule has 3 aliphatic heterocycles. The highest BCUT2D eigenvalue weighted by atomic mass is 19.1. The number of fused-ring (bicyclic) bond motifs is 4. The number of carbonyl (C=O) groups is 1. The first-order chi connectivity index (χ1) is 13.2. The number of aromatic nitrogens is 1. The Bertz CT molecular complexity index is 785. The van der Waals surface area contributed by atoms with E-state index >= 15 is 0 Å². The second-order valence-corrected chi connectivity index (χ2v) is 7.55. The van der Waals surface area contributed by atoms with E-state index in [0.717, 1.165) is 50.3 Å². The van der Waals surface area contributed by atoms with Crippen LogP contribution in [-0.4, -0.2) is 46.5 Å². The average Bonchev–Trinajstić information content (AvgIpc) is 2.97. The van der Waals surface area contributed by atoms with Crippen LogP contribution in [0.2, 0.25) is 0 Å². The second kappa shape index (κ2) is 8.05. The number of pyridine rings is 1. The number of amides is 2. The fourth-order valence-corrected chi connectivity index (χ4v) is 4.20. The zero-order chi connectivity index (χ0) is 18.6. The van der Waals surface area contributed by atoms with E-state index in [9.17, 15) is 9.18 Å². The number of carbonyl (C=O) groups excluding carboxylic acids is 1. The third-order valence-corrected chi connectivity index (χ3v) is 5.49. The first-order valence-corrected chi connectivity index (χ1v) is 9.58. The molecule has 5 nitrogen and oxygen atoms in total. The van der Waals surface area contributed by atoms with Crippen molar-refractivity contribution in [2.75, 3.05) is 19.6 Å². The summed E-state index contributed by atoms with van der Waals surface area (Å²) in [6.45, 7) is 3.84. The van der Waals surface area contributed by atoms with Crippen molar-refractivity contribution in [1.29, 1.82) is 0 Å². The highest BCUT2D eigenvalue weighted by Crippen LogP contribution is 2.28. The Hall–Kier alpha value is -2.47. The molecule has 3 aliphatic rings. The molecular formula is C21H25FN4O. The van der Waals surface area contributed by atoms with Gasteiger partial charge in [0.1, 0.15) is 5.82 Å². The summed E-state index contributed by atoms with van der Waals surface area (Å²) in [6.07, 6.45) is 4.03. The summed E-state index contributed by atoms with van der Waals surface area (Å²) in [5, 5.41) is 2.96. The van der Waals surface area contributed by atoms with Crippen LogP contribution >= 0.6 is 0 Å². The number of hydrogen-bond acceptors (Lipinski definition) is 3. The summed E-state index contributed by atoms with van der Waals surface area (Å²) < 4.78 is 13.3. The van der Waals surface area contributed by atoms with E-state index in [0.29, 0.717) is 12.5 Å². The molecule has 0 spiro atoms. The summed E-state index contributed by atoms with van der Waals surface area (Å²) in [5.41, 5.74) is 1.85. The molecular weight excluding hydrogens is 343 g/mol. The third kappa shape index (κ3) is 4.45. The maximum Gasteiger partial charge on any atom is 0.317 e. The van der Waals surface area contributed by atoms with Crippen molar-refractivity contribution in [3.63, 3.8) is 0 Å². The third-order valence-electron chi connectivity index (χ3n) is 5.49. The first kappa shape index (κ1) is 17.9. The van der Waals surface area contributed by atoms with Gasteiger partial charge in [-0.25, -0.2) is 9.18 Å². The fourth-order valence-electron chi connectivity index (χ4n) is 4.20. The van der Waals surface area contributed by atoms with Crippen LogP contribution in [0.15, 0.2) is 48.7 Å². The maximum absolute atomic E-state index is 13.3. The lowest BCUT2D eigenvalue weighted by atomic mass is 9.95. The summed E-state index contributed by atoms with van der Waals surface area (Å²) in [6, 6.07) is 12.5. The van der Waals surface area contributed by atoms with Gasteiger partial charge in [0.05, 0.1) is 5.69 Å². The highest BCUT2D eigenvalue weighted by Gasteiger charge is 2.37. The van der Waals surface area contributed by atoms with Crippen molar-refractivity contribution in [2.45, 2.75) is 32.0 Å². The van der Waals surface area contributed by atoms with E-state index in [1.165, 1.54) is 12.1 Å². The normalized spacial score (nSPS) is 22.5. The number of piperidine rings is 1. The van der Waals surface area contributed by atoms with Gasteiger partial charge in [0.15, 0.2) is 0 Å². The van der Waals surface area contributed by atoms with Gasteiger partial charge in [-0.05, 0) is 48.6 Å². The largest absolute Gasteiger partial charge is 0.334 e. The molecule has 2 aromatic rings. The number of rotatable bonds is 4. The number of urea groups is 1. The molecule has 4 heterocycles. The Morgan fingerprint density at radius 1 is 1.15 bits per heavy atom. The molecule has 2 bridgehead atoms. The molecule has 2 amide bonds. The van der Waals surface area contributed by atoms with E-state index in [4.69, 9.17) is 0 Å². The SMILES string of the molecule is O=C(NCc1cccc(F)c1)N1C[C@H]2CC[C@@H]1CN(Cc1ccccn1)C2. The van der Waals surface area contributed by atoms with Crippen molar-refractivity contribution < 1.29 is 9.18 Å². The van der Waals surface area contributed by atoms with Crippen molar-refractivity contribution in [1.82, 2.24) is 20.1 Å². The van der Waals surface area contributed by atoms with Crippen molar-refractivity contribution in [3.8, 4) is 0 Å².